The van der Waals surface area contributed by atoms with E-state index in [0.717, 1.165) is 18.7 Å². The van der Waals surface area contributed by atoms with Crippen molar-refractivity contribution in [1.29, 1.82) is 0 Å². The van der Waals surface area contributed by atoms with Gasteiger partial charge in [0.2, 0.25) is 10.0 Å². The highest BCUT2D eigenvalue weighted by molar-refractivity contribution is 7.92. The second-order valence-electron chi connectivity index (χ2n) is 7.94. The van der Waals surface area contributed by atoms with Crippen LogP contribution in [0.15, 0.2) is 35.7 Å². The van der Waals surface area contributed by atoms with Crippen LogP contribution in [0.25, 0.3) is 0 Å². The summed E-state index contributed by atoms with van der Waals surface area (Å²) >= 11 is 1.73. The highest BCUT2D eigenvalue weighted by Crippen LogP contribution is 2.35. The Labute approximate surface area is 176 Å². The molecule has 0 unspecified atom stereocenters. The van der Waals surface area contributed by atoms with Crippen LogP contribution in [-0.4, -0.2) is 51.2 Å². The molecule has 3 heterocycles. The van der Waals surface area contributed by atoms with Gasteiger partial charge in [-0.1, -0.05) is 6.07 Å². The third-order valence-corrected chi connectivity index (χ3v) is 8.01. The Balaban J connectivity index is 1.48. The number of amides is 1. The van der Waals surface area contributed by atoms with E-state index in [1.54, 1.807) is 23.5 Å². The molecule has 29 heavy (non-hydrogen) atoms. The normalized spacial score (nSPS) is 20.6. The van der Waals surface area contributed by atoms with Crippen molar-refractivity contribution in [3.8, 4) is 0 Å². The molecule has 4 rings (SSSR count). The van der Waals surface area contributed by atoms with Crippen molar-refractivity contribution in [2.75, 3.05) is 30.2 Å². The maximum absolute atomic E-state index is 12.8. The summed E-state index contributed by atoms with van der Waals surface area (Å²) in [5.41, 5.74) is 2.17. The molecule has 0 radical (unpaired) electrons. The first-order chi connectivity index (χ1) is 13.8. The van der Waals surface area contributed by atoms with Gasteiger partial charge in [-0.2, -0.15) is 0 Å². The molecule has 0 bridgehead atoms. The Kier molecular flexibility index (Phi) is 5.68. The fraction of sp³-hybridized carbons (Fsp3) is 0.476. The van der Waals surface area contributed by atoms with Gasteiger partial charge in [0, 0.05) is 23.0 Å². The smallest absolute Gasteiger partial charge is 0.251 e. The van der Waals surface area contributed by atoms with Crippen LogP contribution in [0.2, 0.25) is 0 Å². The topological polar surface area (TPSA) is 69.7 Å². The van der Waals surface area contributed by atoms with Gasteiger partial charge < -0.3 is 5.32 Å². The van der Waals surface area contributed by atoms with Gasteiger partial charge in [0.25, 0.3) is 5.91 Å². The van der Waals surface area contributed by atoms with Gasteiger partial charge in [0.05, 0.1) is 18.0 Å². The van der Waals surface area contributed by atoms with Crippen LogP contribution < -0.4 is 9.62 Å². The van der Waals surface area contributed by atoms with E-state index in [0.29, 0.717) is 24.2 Å². The van der Waals surface area contributed by atoms with Crippen LogP contribution in [-0.2, 0) is 16.4 Å². The number of nitrogens with one attached hydrogen (secondary N) is 1. The van der Waals surface area contributed by atoms with Crippen molar-refractivity contribution in [2.45, 2.75) is 38.3 Å². The highest BCUT2D eigenvalue weighted by Gasteiger charge is 2.33. The molecule has 1 amide bonds. The summed E-state index contributed by atoms with van der Waals surface area (Å²) in [7, 11) is -3.33. The summed E-state index contributed by atoms with van der Waals surface area (Å²) in [4.78, 5) is 16.6. The van der Waals surface area contributed by atoms with Gasteiger partial charge >= 0.3 is 0 Å². The zero-order valence-electron chi connectivity index (χ0n) is 16.8. The number of hydrogen-bond acceptors (Lipinski definition) is 5. The van der Waals surface area contributed by atoms with E-state index in [1.165, 1.54) is 28.3 Å². The van der Waals surface area contributed by atoms with Gasteiger partial charge in [0.1, 0.15) is 0 Å². The van der Waals surface area contributed by atoms with E-state index in [9.17, 15) is 13.2 Å². The van der Waals surface area contributed by atoms with Crippen molar-refractivity contribution in [3.63, 3.8) is 0 Å². The molecular formula is C21H27N3O3S2. The maximum Gasteiger partial charge on any atom is 0.251 e. The molecule has 2 aromatic rings. The summed E-state index contributed by atoms with van der Waals surface area (Å²) in [6.45, 7) is 4.59. The monoisotopic (exact) mass is 433 g/mol. The molecule has 8 heteroatoms. The fourth-order valence-electron chi connectivity index (χ4n) is 4.48. The summed E-state index contributed by atoms with van der Waals surface area (Å²) in [5.74, 6) is -0.112. The van der Waals surface area contributed by atoms with Crippen LogP contribution in [0, 0.1) is 0 Å². The molecule has 1 saturated heterocycles. The van der Waals surface area contributed by atoms with E-state index >= 15 is 0 Å². The second-order valence-corrected chi connectivity index (χ2v) is 10.8. The lowest BCUT2D eigenvalue weighted by Gasteiger charge is -2.27. The number of carbonyl (C=O) groups is 1. The molecule has 2 aliphatic heterocycles. The second kappa shape index (κ2) is 8.08. The third-order valence-electron chi connectivity index (χ3n) is 5.76. The first-order valence-corrected chi connectivity index (χ1v) is 12.8. The minimum absolute atomic E-state index is 0.112. The Morgan fingerprint density at radius 2 is 2.03 bits per heavy atom. The van der Waals surface area contributed by atoms with Crippen molar-refractivity contribution in [2.24, 2.45) is 0 Å². The standard InChI is InChI=1S/C21H27N3O3S2/c1-15-12-17-13-16(7-8-18(17)24(15)29(2,26)27)21(25)22-14-19(20-6-5-11-28-20)23-9-3-4-10-23/h5-8,11,13,15,19H,3-4,9-10,12,14H2,1-2H3,(H,22,25)/t15-,19+/m1/s1. The molecule has 1 aromatic carbocycles. The molecule has 1 aromatic heterocycles. The SMILES string of the molecule is C[C@@H]1Cc2cc(C(=O)NC[C@@H](c3cccs3)N3CCCC3)ccc2N1S(C)(=O)=O. The minimum Gasteiger partial charge on any atom is -0.350 e. The average molecular weight is 434 g/mol. The van der Waals surface area contributed by atoms with E-state index in [2.05, 4.69) is 27.7 Å². The number of anilines is 1. The first-order valence-electron chi connectivity index (χ1n) is 10.0. The van der Waals surface area contributed by atoms with Gasteiger partial charge in [-0.05, 0) is 74.5 Å². The summed E-state index contributed by atoms with van der Waals surface area (Å²) in [5, 5.41) is 5.18. The lowest BCUT2D eigenvalue weighted by atomic mass is 10.1. The Morgan fingerprint density at radius 3 is 2.69 bits per heavy atom. The number of benzene rings is 1. The molecule has 0 spiro atoms. The molecule has 156 valence electrons. The van der Waals surface area contributed by atoms with Crippen LogP contribution >= 0.6 is 11.3 Å². The van der Waals surface area contributed by atoms with E-state index in [-0.39, 0.29) is 18.0 Å². The predicted octanol–water partition coefficient (Wildman–Crippen LogP) is 3.03. The van der Waals surface area contributed by atoms with Gasteiger partial charge in [-0.3, -0.25) is 14.0 Å². The fourth-order valence-corrected chi connectivity index (χ4v) is 6.61. The number of thiophene rings is 1. The van der Waals surface area contributed by atoms with Crippen LogP contribution in [0.4, 0.5) is 5.69 Å². The van der Waals surface area contributed by atoms with Gasteiger partial charge in [-0.15, -0.1) is 11.3 Å². The Bertz CT molecular complexity index is 983. The van der Waals surface area contributed by atoms with Crippen LogP contribution in [0.3, 0.4) is 0 Å². The zero-order chi connectivity index (χ0) is 20.6. The van der Waals surface area contributed by atoms with E-state index in [4.69, 9.17) is 0 Å². The number of likely N-dealkylation sites (tertiary alicyclic amines) is 1. The van der Waals surface area contributed by atoms with Crippen molar-refractivity contribution in [1.82, 2.24) is 10.2 Å². The zero-order valence-corrected chi connectivity index (χ0v) is 18.4. The highest BCUT2D eigenvalue weighted by atomic mass is 32.2. The first kappa shape index (κ1) is 20.4. The number of fused-ring (bicyclic) bond motifs is 1. The number of nitrogens with zero attached hydrogens (tertiary/aromatic N) is 2. The largest absolute Gasteiger partial charge is 0.350 e. The van der Waals surface area contributed by atoms with Gasteiger partial charge in [0.15, 0.2) is 0 Å². The van der Waals surface area contributed by atoms with Crippen molar-refractivity contribution >= 4 is 33.0 Å². The Morgan fingerprint density at radius 1 is 1.28 bits per heavy atom. The van der Waals surface area contributed by atoms with E-state index in [1.807, 2.05) is 13.0 Å². The molecule has 6 nitrogen and oxygen atoms in total. The van der Waals surface area contributed by atoms with E-state index < -0.39 is 10.0 Å². The molecule has 1 fully saturated rings. The predicted molar refractivity (Wildman–Crippen MR) is 117 cm³/mol. The molecule has 1 N–H and O–H groups in total. The molecular weight excluding hydrogens is 406 g/mol. The minimum atomic E-state index is -3.33. The maximum atomic E-state index is 12.8. The third kappa shape index (κ3) is 4.20. The van der Waals surface area contributed by atoms with Crippen LogP contribution in [0.5, 0.6) is 0 Å². The lowest BCUT2D eigenvalue weighted by molar-refractivity contribution is 0.0938. The summed E-state index contributed by atoms with van der Waals surface area (Å²) in [6.07, 6.45) is 4.25. The number of hydrogen-bond donors (Lipinski definition) is 1. The molecule has 0 aliphatic carbocycles. The number of sulfonamides is 1. The average Bonchev–Trinajstić information content (AvgIpc) is 3.41. The molecule has 2 atom stereocenters. The molecule has 0 saturated carbocycles. The van der Waals surface area contributed by atoms with Crippen molar-refractivity contribution < 1.29 is 13.2 Å². The van der Waals surface area contributed by atoms with Crippen LogP contribution in [0.1, 0.15) is 46.6 Å². The Hall–Kier alpha value is -1.90. The van der Waals surface area contributed by atoms with Gasteiger partial charge in [-0.25, -0.2) is 8.42 Å². The number of carbonyl (C=O) groups excluding carboxylic acids is 1. The van der Waals surface area contributed by atoms with Crippen molar-refractivity contribution in [3.05, 3.63) is 51.7 Å². The summed E-state index contributed by atoms with van der Waals surface area (Å²) in [6, 6.07) is 9.58. The quantitative estimate of drug-likeness (QED) is 0.760. The number of rotatable bonds is 6. The summed E-state index contributed by atoms with van der Waals surface area (Å²) < 4.78 is 25.6. The molecule has 2 aliphatic rings. The lowest BCUT2D eigenvalue weighted by Crippen LogP contribution is -2.36.